The molecule has 0 fully saturated rings. The molecule has 3 rings (SSSR count). The van der Waals surface area contributed by atoms with Crippen molar-refractivity contribution in [1.29, 1.82) is 0 Å². The predicted molar refractivity (Wildman–Crippen MR) is 93.8 cm³/mol. The zero-order chi connectivity index (χ0) is 17.1. The van der Waals surface area contributed by atoms with E-state index in [1.807, 2.05) is 12.1 Å². The minimum Gasteiger partial charge on any atom is -0.493 e. The van der Waals surface area contributed by atoms with Crippen molar-refractivity contribution in [2.24, 2.45) is 0 Å². The van der Waals surface area contributed by atoms with Gasteiger partial charge in [-0.2, -0.15) is 0 Å². The first-order valence-corrected chi connectivity index (χ1v) is 7.66. The molecule has 5 nitrogen and oxygen atoms in total. The molecular weight excluding hydrogens is 329 g/mol. The van der Waals surface area contributed by atoms with Crippen LogP contribution in [-0.2, 0) is 6.54 Å². The standard InChI is InChI=1S/C17H16FN3O2S/c1-22-14-7-12-13(8-15(14)23-2)20-17(24)21-16(12)19-9-10-3-5-11(18)6-4-10/h3-8H,9H2,1-2H3,(H2,19,20,21,24). The fourth-order valence-corrected chi connectivity index (χ4v) is 2.61. The van der Waals surface area contributed by atoms with Gasteiger partial charge in [-0.15, -0.1) is 0 Å². The van der Waals surface area contributed by atoms with Crippen molar-refractivity contribution in [2.75, 3.05) is 19.5 Å². The molecule has 0 atom stereocenters. The van der Waals surface area contributed by atoms with Gasteiger partial charge in [0.1, 0.15) is 11.6 Å². The van der Waals surface area contributed by atoms with Gasteiger partial charge in [0.05, 0.1) is 19.7 Å². The molecule has 3 aromatic rings. The molecule has 0 saturated heterocycles. The number of nitrogens with zero attached hydrogens (tertiary/aromatic N) is 1. The summed E-state index contributed by atoms with van der Waals surface area (Å²) < 4.78 is 24.0. The Labute approximate surface area is 143 Å². The summed E-state index contributed by atoms with van der Waals surface area (Å²) in [5, 5.41) is 4.06. The van der Waals surface area contributed by atoms with Gasteiger partial charge in [0.15, 0.2) is 16.3 Å². The number of fused-ring (bicyclic) bond motifs is 1. The fraction of sp³-hybridized carbons (Fsp3) is 0.176. The number of hydrogen-bond acceptors (Lipinski definition) is 5. The predicted octanol–water partition coefficient (Wildman–Crippen LogP) is 4.06. The first-order valence-electron chi connectivity index (χ1n) is 7.25. The zero-order valence-corrected chi connectivity index (χ0v) is 14.0. The smallest absolute Gasteiger partial charge is 0.199 e. The van der Waals surface area contributed by atoms with E-state index in [0.717, 1.165) is 16.5 Å². The Bertz CT molecular complexity index is 926. The van der Waals surface area contributed by atoms with E-state index < -0.39 is 0 Å². The normalized spacial score (nSPS) is 10.6. The van der Waals surface area contributed by atoms with E-state index in [9.17, 15) is 4.39 Å². The number of aromatic amines is 1. The number of methoxy groups -OCH3 is 2. The second-order valence-corrected chi connectivity index (χ2v) is 5.51. The number of anilines is 1. The van der Waals surface area contributed by atoms with Gasteiger partial charge < -0.3 is 19.8 Å². The van der Waals surface area contributed by atoms with Gasteiger partial charge in [0, 0.05) is 18.0 Å². The van der Waals surface area contributed by atoms with Crippen LogP contribution in [0.3, 0.4) is 0 Å². The number of nitrogens with one attached hydrogen (secondary N) is 2. The van der Waals surface area contributed by atoms with E-state index in [2.05, 4.69) is 15.3 Å². The first kappa shape index (κ1) is 16.2. The van der Waals surface area contributed by atoms with Gasteiger partial charge in [-0.25, -0.2) is 9.37 Å². The highest BCUT2D eigenvalue weighted by atomic mass is 32.1. The van der Waals surface area contributed by atoms with Crippen LogP contribution in [-0.4, -0.2) is 24.2 Å². The number of hydrogen-bond donors (Lipinski definition) is 2. The number of H-pyrrole nitrogens is 1. The molecular formula is C17H16FN3O2S. The van der Waals surface area contributed by atoms with Crippen LogP contribution in [0.25, 0.3) is 10.9 Å². The molecule has 0 amide bonds. The van der Waals surface area contributed by atoms with Crippen molar-refractivity contribution >= 4 is 28.9 Å². The van der Waals surface area contributed by atoms with Crippen molar-refractivity contribution in [3.8, 4) is 11.5 Å². The Morgan fingerprint density at radius 1 is 1.12 bits per heavy atom. The molecule has 0 aliphatic rings. The van der Waals surface area contributed by atoms with Crippen LogP contribution in [0.5, 0.6) is 11.5 Å². The van der Waals surface area contributed by atoms with Crippen molar-refractivity contribution < 1.29 is 13.9 Å². The number of halogens is 1. The molecule has 0 radical (unpaired) electrons. The van der Waals surface area contributed by atoms with Crippen molar-refractivity contribution in [1.82, 2.24) is 9.97 Å². The van der Waals surface area contributed by atoms with Crippen molar-refractivity contribution in [2.45, 2.75) is 6.54 Å². The average Bonchev–Trinajstić information content (AvgIpc) is 2.59. The maximum absolute atomic E-state index is 13.0. The van der Waals surface area contributed by atoms with E-state index >= 15 is 0 Å². The molecule has 2 N–H and O–H groups in total. The summed E-state index contributed by atoms with van der Waals surface area (Å²) >= 11 is 5.19. The number of rotatable bonds is 5. The van der Waals surface area contributed by atoms with E-state index in [0.29, 0.717) is 28.6 Å². The number of aromatic nitrogens is 2. The van der Waals surface area contributed by atoms with Crippen LogP contribution < -0.4 is 14.8 Å². The summed E-state index contributed by atoms with van der Waals surface area (Å²) in [5.41, 5.74) is 1.72. The van der Waals surface area contributed by atoms with Gasteiger partial charge in [-0.05, 0) is 36.0 Å². The SMILES string of the molecule is COc1cc2[nH]c(=S)nc(NCc3ccc(F)cc3)c2cc1OC. The van der Waals surface area contributed by atoms with Gasteiger partial charge >= 0.3 is 0 Å². The molecule has 2 aromatic carbocycles. The Hall–Kier alpha value is -2.67. The molecule has 124 valence electrons. The van der Waals surface area contributed by atoms with Crippen molar-refractivity contribution in [3.63, 3.8) is 0 Å². The second kappa shape index (κ2) is 6.84. The minimum absolute atomic E-state index is 0.263. The van der Waals surface area contributed by atoms with E-state index in [4.69, 9.17) is 21.7 Å². The monoisotopic (exact) mass is 345 g/mol. The molecule has 0 aliphatic heterocycles. The number of benzene rings is 2. The third kappa shape index (κ3) is 3.30. The van der Waals surface area contributed by atoms with Crippen molar-refractivity contribution in [3.05, 3.63) is 52.5 Å². The molecule has 0 spiro atoms. The molecule has 0 saturated carbocycles. The fourth-order valence-electron chi connectivity index (χ4n) is 2.41. The molecule has 0 aliphatic carbocycles. The second-order valence-electron chi connectivity index (χ2n) is 5.12. The topological polar surface area (TPSA) is 59.2 Å². The highest BCUT2D eigenvalue weighted by Gasteiger charge is 2.11. The van der Waals surface area contributed by atoms with Crippen LogP contribution in [0, 0.1) is 10.6 Å². The number of ether oxygens (including phenoxy) is 2. The summed E-state index contributed by atoms with van der Waals surface area (Å²) in [6, 6.07) is 9.94. The lowest BCUT2D eigenvalue weighted by Gasteiger charge is -2.12. The van der Waals surface area contributed by atoms with Gasteiger partial charge in [-0.1, -0.05) is 12.1 Å². The Kier molecular flexibility index (Phi) is 4.61. The zero-order valence-electron chi connectivity index (χ0n) is 13.2. The Balaban J connectivity index is 1.99. The molecule has 7 heteroatoms. The van der Waals surface area contributed by atoms with E-state index in [1.54, 1.807) is 26.4 Å². The van der Waals surface area contributed by atoms with Crippen LogP contribution >= 0.6 is 12.2 Å². The maximum Gasteiger partial charge on any atom is 0.199 e. The van der Waals surface area contributed by atoms with Gasteiger partial charge in [-0.3, -0.25) is 0 Å². The Morgan fingerprint density at radius 3 is 2.46 bits per heavy atom. The highest BCUT2D eigenvalue weighted by molar-refractivity contribution is 7.71. The van der Waals surface area contributed by atoms with Crippen LogP contribution in [0.15, 0.2) is 36.4 Å². The maximum atomic E-state index is 13.0. The lowest BCUT2D eigenvalue weighted by Crippen LogP contribution is -2.04. The summed E-state index contributed by atoms with van der Waals surface area (Å²) in [4.78, 5) is 7.38. The third-order valence-corrected chi connectivity index (χ3v) is 3.80. The average molecular weight is 345 g/mol. The summed E-state index contributed by atoms with van der Waals surface area (Å²) in [5.74, 6) is 1.56. The molecule has 0 bridgehead atoms. The van der Waals surface area contributed by atoms with E-state index in [-0.39, 0.29) is 5.82 Å². The quantitative estimate of drug-likeness (QED) is 0.683. The largest absolute Gasteiger partial charge is 0.493 e. The first-order chi connectivity index (χ1) is 11.6. The molecule has 0 unspecified atom stereocenters. The van der Waals surface area contributed by atoms with Crippen LogP contribution in [0.1, 0.15) is 5.56 Å². The van der Waals surface area contributed by atoms with Crippen LogP contribution in [0.4, 0.5) is 10.2 Å². The molecule has 1 aromatic heterocycles. The Morgan fingerprint density at radius 2 is 1.79 bits per heavy atom. The van der Waals surface area contributed by atoms with Crippen LogP contribution in [0.2, 0.25) is 0 Å². The van der Waals surface area contributed by atoms with E-state index in [1.165, 1.54) is 12.1 Å². The van der Waals surface area contributed by atoms with Gasteiger partial charge in [0.25, 0.3) is 0 Å². The summed E-state index contributed by atoms with van der Waals surface area (Å²) in [6.07, 6.45) is 0. The highest BCUT2D eigenvalue weighted by Crippen LogP contribution is 2.33. The lowest BCUT2D eigenvalue weighted by molar-refractivity contribution is 0.356. The summed E-state index contributed by atoms with van der Waals surface area (Å²) in [6.45, 7) is 0.496. The lowest BCUT2D eigenvalue weighted by atomic mass is 10.2. The molecule has 24 heavy (non-hydrogen) atoms. The summed E-state index contributed by atoms with van der Waals surface area (Å²) in [7, 11) is 3.15. The third-order valence-electron chi connectivity index (χ3n) is 3.61. The molecule has 1 heterocycles. The van der Waals surface area contributed by atoms with Gasteiger partial charge in [0.2, 0.25) is 0 Å². The minimum atomic E-state index is -0.263.